The molecule has 0 radical (unpaired) electrons. The molecule has 0 spiro atoms. The van der Waals surface area contributed by atoms with E-state index in [1.54, 1.807) is 4.68 Å². The highest BCUT2D eigenvalue weighted by Crippen LogP contribution is 2.15. The van der Waals surface area contributed by atoms with Crippen molar-refractivity contribution in [2.45, 2.75) is 6.92 Å². The smallest absolute Gasteiger partial charge is 0.248 e. The van der Waals surface area contributed by atoms with Gasteiger partial charge in [-0.15, -0.1) is 5.10 Å². The first-order valence-electron chi connectivity index (χ1n) is 4.10. The Bertz CT molecular complexity index is 441. The number of hydrogen-bond acceptors (Lipinski definition) is 5. The Hall–Kier alpha value is -2.05. The van der Waals surface area contributed by atoms with Crippen LogP contribution in [0, 0.1) is 6.92 Å². The summed E-state index contributed by atoms with van der Waals surface area (Å²) in [6, 6.07) is 0. The Morgan fingerprint density at radius 3 is 2.86 bits per heavy atom. The summed E-state index contributed by atoms with van der Waals surface area (Å²) in [7, 11) is 1.85. The third-order valence-corrected chi connectivity index (χ3v) is 1.76. The van der Waals surface area contributed by atoms with Crippen LogP contribution in [0.3, 0.4) is 0 Å². The number of aryl methyl sites for hydroxylation is 2. The van der Waals surface area contributed by atoms with E-state index in [0.717, 1.165) is 11.4 Å². The summed E-state index contributed by atoms with van der Waals surface area (Å²) in [6.45, 7) is 1.90. The normalized spacial score (nSPS) is 10.4. The Morgan fingerprint density at radius 1 is 1.57 bits per heavy atom. The van der Waals surface area contributed by atoms with Crippen LogP contribution in [-0.2, 0) is 7.05 Å². The second kappa shape index (κ2) is 3.02. The lowest BCUT2D eigenvalue weighted by Gasteiger charge is -1.96. The summed E-state index contributed by atoms with van der Waals surface area (Å²) in [4.78, 5) is 3.92. The third-order valence-electron chi connectivity index (χ3n) is 1.76. The van der Waals surface area contributed by atoms with Gasteiger partial charge in [0.1, 0.15) is 0 Å². The molecular formula is C7H11N7. The van der Waals surface area contributed by atoms with Gasteiger partial charge in [-0.3, -0.25) is 4.68 Å². The second-order valence-corrected chi connectivity index (χ2v) is 2.97. The monoisotopic (exact) mass is 193 g/mol. The first-order valence-corrected chi connectivity index (χ1v) is 4.10. The van der Waals surface area contributed by atoms with E-state index in [2.05, 4.69) is 25.6 Å². The van der Waals surface area contributed by atoms with E-state index in [4.69, 9.17) is 5.73 Å². The number of rotatable bonds is 2. The maximum atomic E-state index is 5.39. The molecule has 0 aliphatic heterocycles. The van der Waals surface area contributed by atoms with E-state index in [1.807, 2.05) is 20.2 Å². The summed E-state index contributed by atoms with van der Waals surface area (Å²) in [5, 5.41) is 13.6. The minimum atomic E-state index is 0.286. The van der Waals surface area contributed by atoms with Crippen LogP contribution in [0.25, 0.3) is 0 Å². The summed E-state index contributed by atoms with van der Waals surface area (Å²) < 4.78 is 1.72. The zero-order valence-electron chi connectivity index (χ0n) is 7.94. The van der Waals surface area contributed by atoms with Crippen molar-refractivity contribution in [1.82, 2.24) is 25.0 Å². The van der Waals surface area contributed by atoms with Crippen LogP contribution in [0.2, 0.25) is 0 Å². The van der Waals surface area contributed by atoms with Gasteiger partial charge >= 0.3 is 0 Å². The highest BCUT2D eigenvalue weighted by Gasteiger charge is 2.05. The van der Waals surface area contributed by atoms with E-state index >= 15 is 0 Å². The Balaban J connectivity index is 2.22. The van der Waals surface area contributed by atoms with Crippen molar-refractivity contribution in [2.75, 3.05) is 11.1 Å². The molecule has 4 N–H and O–H groups in total. The number of nitrogen functional groups attached to an aromatic ring is 1. The number of H-pyrrole nitrogens is 1. The molecular weight excluding hydrogens is 182 g/mol. The van der Waals surface area contributed by atoms with Crippen LogP contribution in [0.1, 0.15) is 5.69 Å². The quantitative estimate of drug-likeness (QED) is 0.631. The van der Waals surface area contributed by atoms with E-state index in [-0.39, 0.29) is 5.95 Å². The van der Waals surface area contributed by atoms with Crippen molar-refractivity contribution in [1.29, 1.82) is 0 Å². The van der Waals surface area contributed by atoms with Gasteiger partial charge in [0.05, 0.1) is 11.4 Å². The van der Waals surface area contributed by atoms with Crippen LogP contribution in [0.4, 0.5) is 17.6 Å². The van der Waals surface area contributed by atoms with E-state index in [9.17, 15) is 0 Å². The molecule has 0 aliphatic carbocycles. The fraction of sp³-hybridized carbons (Fsp3) is 0.286. The zero-order valence-corrected chi connectivity index (χ0v) is 7.94. The first kappa shape index (κ1) is 8.54. The van der Waals surface area contributed by atoms with Crippen molar-refractivity contribution < 1.29 is 0 Å². The van der Waals surface area contributed by atoms with Gasteiger partial charge in [-0.25, -0.2) is 5.10 Å². The van der Waals surface area contributed by atoms with Crippen LogP contribution < -0.4 is 11.1 Å². The number of aromatic nitrogens is 5. The van der Waals surface area contributed by atoms with Gasteiger partial charge in [0.15, 0.2) is 0 Å². The molecule has 2 aromatic heterocycles. The standard InChI is InChI=1S/C7H11N7/c1-4-5(3-14(2)13-4)9-7-10-6(8)11-12-7/h3H,1-2H3,(H4,8,9,10,11,12). The summed E-state index contributed by atoms with van der Waals surface area (Å²) in [6.07, 6.45) is 1.85. The van der Waals surface area contributed by atoms with Crippen LogP contribution in [-0.4, -0.2) is 25.0 Å². The van der Waals surface area contributed by atoms with Gasteiger partial charge in [0.25, 0.3) is 0 Å². The molecule has 2 rings (SSSR count). The lowest BCUT2D eigenvalue weighted by molar-refractivity contribution is 0.756. The molecule has 0 fully saturated rings. The first-order chi connectivity index (χ1) is 6.65. The molecule has 0 aliphatic rings. The van der Waals surface area contributed by atoms with Crippen molar-refractivity contribution >= 4 is 17.6 Å². The molecule has 14 heavy (non-hydrogen) atoms. The van der Waals surface area contributed by atoms with Gasteiger partial charge in [-0.05, 0) is 6.92 Å². The minimum absolute atomic E-state index is 0.286. The fourth-order valence-corrected chi connectivity index (χ4v) is 1.17. The maximum Gasteiger partial charge on any atom is 0.248 e. The van der Waals surface area contributed by atoms with Gasteiger partial charge in [0, 0.05) is 13.2 Å². The number of nitrogens with one attached hydrogen (secondary N) is 2. The lowest BCUT2D eigenvalue weighted by Crippen LogP contribution is -1.93. The molecule has 74 valence electrons. The fourth-order valence-electron chi connectivity index (χ4n) is 1.17. The molecule has 7 heteroatoms. The van der Waals surface area contributed by atoms with Gasteiger partial charge in [0.2, 0.25) is 11.9 Å². The van der Waals surface area contributed by atoms with Gasteiger partial charge < -0.3 is 11.1 Å². The lowest BCUT2D eigenvalue weighted by atomic mass is 10.4. The van der Waals surface area contributed by atoms with Crippen LogP contribution >= 0.6 is 0 Å². The Kier molecular flexibility index (Phi) is 1.84. The van der Waals surface area contributed by atoms with Crippen molar-refractivity contribution in [3.8, 4) is 0 Å². The molecule has 0 aromatic carbocycles. The second-order valence-electron chi connectivity index (χ2n) is 2.97. The summed E-state index contributed by atoms with van der Waals surface area (Å²) in [5.41, 5.74) is 7.14. The van der Waals surface area contributed by atoms with Gasteiger partial charge in [-0.1, -0.05) is 0 Å². The maximum absolute atomic E-state index is 5.39. The predicted molar refractivity (Wildman–Crippen MR) is 52.0 cm³/mol. The highest BCUT2D eigenvalue weighted by molar-refractivity contribution is 5.55. The van der Waals surface area contributed by atoms with Crippen molar-refractivity contribution in [3.05, 3.63) is 11.9 Å². The molecule has 2 aromatic rings. The van der Waals surface area contributed by atoms with Crippen molar-refractivity contribution in [3.63, 3.8) is 0 Å². The molecule has 0 unspecified atom stereocenters. The SMILES string of the molecule is Cc1nn(C)cc1Nc1n[nH]c(N)n1. The number of aromatic amines is 1. The van der Waals surface area contributed by atoms with Crippen LogP contribution in [0.15, 0.2) is 6.20 Å². The third kappa shape index (κ3) is 1.51. The molecule has 0 amide bonds. The molecule has 7 nitrogen and oxygen atoms in total. The molecule has 0 saturated carbocycles. The topological polar surface area (TPSA) is 97.4 Å². The van der Waals surface area contributed by atoms with E-state index in [1.165, 1.54) is 0 Å². The minimum Gasteiger partial charge on any atom is -0.368 e. The number of nitrogens with zero attached hydrogens (tertiary/aromatic N) is 4. The zero-order chi connectivity index (χ0) is 10.1. The van der Waals surface area contributed by atoms with E-state index < -0.39 is 0 Å². The van der Waals surface area contributed by atoms with E-state index in [0.29, 0.717) is 5.95 Å². The highest BCUT2D eigenvalue weighted by atomic mass is 15.3. The largest absolute Gasteiger partial charge is 0.368 e. The predicted octanol–water partition coefficient (Wildman–Crippen LogP) is 0.172. The van der Waals surface area contributed by atoms with Crippen molar-refractivity contribution in [2.24, 2.45) is 7.05 Å². The number of nitrogens with two attached hydrogens (primary N) is 1. The summed E-state index contributed by atoms with van der Waals surface area (Å²) >= 11 is 0. The Labute approximate surface area is 80.3 Å². The number of hydrogen-bond donors (Lipinski definition) is 3. The number of anilines is 3. The Morgan fingerprint density at radius 2 is 2.36 bits per heavy atom. The summed E-state index contributed by atoms with van der Waals surface area (Å²) in [5.74, 6) is 0.729. The average molecular weight is 193 g/mol. The average Bonchev–Trinajstić information content (AvgIpc) is 2.61. The molecule has 0 bridgehead atoms. The molecule has 2 heterocycles. The molecule has 0 saturated heterocycles. The molecule has 0 atom stereocenters. The van der Waals surface area contributed by atoms with Gasteiger partial charge in [-0.2, -0.15) is 10.1 Å². The van der Waals surface area contributed by atoms with Crippen LogP contribution in [0.5, 0.6) is 0 Å².